The quantitative estimate of drug-likeness (QED) is 0.514. The van der Waals surface area contributed by atoms with E-state index in [2.05, 4.69) is 17.4 Å². The molecule has 0 saturated carbocycles. The van der Waals surface area contributed by atoms with E-state index in [1.54, 1.807) is 6.07 Å². The largest absolute Gasteiger partial charge is 0.355 e. The molecule has 0 aliphatic rings. The average Bonchev–Trinajstić information content (AvgIpc) is 2.64. The molecule has 4 heteroatoms. The molecule has 0 aliphatic carbocycles. The number of para-hydroxylation sites is 1. The van der Waals surface area contributed by atoms with Gasteiger partial charge in [-0.15, -0.1) is 0 Å². The highest BCUT2D eigenvalue weighted by atomic mass is 35.5. The van der Waals surface area contributed by atoms with Crippen molar-refractivity contribution < 1.29 is 4.79 Å². The summed E-state index contributed by atoms with van der Waals surface area (Å²) < 4.78 is 0. The van der Waals surface area contributed by atoms with E-state index in [1.165, 1.54) is 5.56 Å². The number of benzene rings is 3. The van der Waals surface area contributed by atoms with Crippen molar-refractivity contribution >= 4 is 40.9 Å². The van der Waals surface area contributed by atoms with Gasteiger partial charge >= 0.3 is 0 Å². The van der Waals surface area contributed by atoms with E-state index < -0.39 is 0 Å². The third-order valence-corrected chi connectivity index (χ3v) is 4.75. The van der Waals surface area contributed by atoms with Crippen LogP contribution in [0, 0.1) is 0 Å². The summed E-state index contributed by atoms with van der Waals surface area (Å²) in [6.07, 6.45) is 2.68. The highest BCUT2D eigenvalue weighted by molar-refractivity contribution is 6.42. The summed E-state index contributed by atoms with van der Waals surface area (Å²) in [6, 6.07) is 21.4. The molecular weight excluding hydrogens is 353 g/mol. The number of rotatable bonds is 6. The first-order valence-electron chi connectivity index (χ1n) is 8.00. The van der Waals surface area contributed by atoms with Crippen LogP contribution in [0.2, 0.25) is 10.0 Å². The highest BCUT2D eigenvalue weighted by Crippen LogP contribution is 2.24. The molecule has 0 amide bonds. The summed E-state index contributed by atoms with van der Waals surface area (Å²) in [5.41, 5.74) is 4.80. The number of aldehydes is 1. The number of halogens is 2. The Bertz CT molecular complexity index is 875. The topological polar surface area (TPSA) is 29.1 Å². The second kappa shape index (κ2) is 8.19. The number of hydrogen-bond acceptors (Lipinski definition) is 2. The molecule has 0 radical (unpaired) electrons. The molecule has 3 rings (SSSR count). The monoisotopic (exact) mass is 369 g/mol. The van der Waals surface area contributed by atoms with Crippen LogP contribution >= 0.6 is 23.2 Å². The van der Waals surface area contributed by atoms with Crippen molar-refractivity contribution in [3.8, 4) is 0 Å². The van der Waals surface area contributed by atoms with E-state index in [0.717, 1.165) is 36.1 Å². The molecular formula is C21H17Cl2NO. The van der Waals surface area contributed by atoms with Crippen molar-refractivity contribution in [2.24, 2.45) is 0 Å². The molecule has 0 saturated heterocycles. The number of nitrogens with one attached hydrogen (secondary N) is 1. The third kappa shape index (κ3) is 4.62. The van der Waals surface area contributed by atoms with Crippen LogP contribution in [0.5, 0.6) is 0 Å². The molecule has 0 bridgehead atoms. The number of anilines is 2. The summed E-state index contributed by atoms with van der Waals surface area (Å²) in [4.78, 5) is 11.1. The molecule has 25 heavy (non-hydrogen) atoms. The van der Waals surface area contributed by atoms with Crippen LogP contribution in [0.4, 0.5) is 11.4 Å². The Kier molecular flexibility index (Phi) is 5.75. The lowest BCUT2D eigenvalue weighted by atomic mass is 10.0. The Balaban J connectivity index is 1.64. The van der Waals surface area contributed by atoms with Gasteiger partial charge < -0.3 is 5.32 Å². The van der Waals surface area contributed by atoms with Gasteiger partial charge in [0, 0.05) is 16.9 Å². The van der Waals surface area contributed by atoms with Crippen molar-refractivity contribution in [1.29, 1.82) is 0 Å². The van der Waals surface area contributed by atoms with Gasteiger partial charge in [-0.1, -0.05) is 53.5 Å². The maximum Gasteiger partial charge on any atom is 0.152 e. The Morgan fingerprint density at radius 3 is 2.20 bits per heavy atom. The molecule has 0 fully saturated rings. The summed E-state index contributed by atoms with van der Waals surface area (Å²) in [5.74, 6) is 0. The lowest BCUT2D eigenvalue weighted by Gasteiger charge is -2.10. The van der Waals surface area contributed by atoms with Gasteiger partial charge in [0.1, 0.15) is 0 Å². The Morgan fingerprint density at radius 1 is 0.800 bits per heavy atom. The van der Waals surface area contributed by atoms with E-state index in [0.29, 0.717) is 15.6 Å². The minimum atomic E-state index is 0.580. The molecule has 0 heterocycles. The molecule has 126 valence electrons. The number of carbonyl (C=O) groups excluding carboxylic acids is 1. The fourth-order valence-electron chi connectivity index (χ4n) is 2.61. The fourth-order valence-corrected chi connectivity index (χ4v) is 2.93. The zero-order valence-corrected chi connectivity index (χ0v) is 15.0. The van der Waals surface area contributed by atoms with Crippen LogP contribution in [0.15, 0.2) is 66.7 Å². The van der Waals surface area contributed by atoms with Crippen molar-refractivity contribution in [3.05, 3.63) is 93.5 Å². The molecule has 0 aromatic heterocycles. The van der Waals surface area contributed by atoms with Crippen molar-refractivity contribution in [3.63, 3.8) is 0 Å². The lowest BCUT2D eigenvalue weighted by molar-refractivity contribution is 0.112. The maximum absolute atomic E-state index is 11.1. The first-order chi connectivity index (χ1) is 12.2. The Labute approximate surface area is 157 Å². The first kappa shape index (κ1) is 17.5. The average molecular weight is 370 g/mol. The normalized spacial score (nSPS) is 10.5. The van der Waals surface area contributed by atoms with Crippen LogP contribution in [0.25, 0.3) is 0 Å². The molecule has 2 nitrogen and oxygen atoms in total. The number of carbonyl (C=O) groups is 1. The van der Waals surface area contributed by atoms with E-state index in [-0.39, 0.29) is 0 Å². The van der Waals surface area contributed by atoms with Crippen molar-refractivity contribution in [2.45, 2.75) is 12.8 Å². The zero-order valence-electron chi connectivity index (χ0n) is 13.5. The Hall–Kier alpha value is -2.29. The predicted octanol–water partition coefficient (Wildman–Crippen LogP) is 6.33. The fraction of sp³-hybridized carbons (Fsp3) is 0.0952. The van der Waals surface area contributed by atoms with Gasteiger partial charge in [-0.3, -0.25) is 4.79 Å². The minimum Gasteiger partial charge on any atom is -0.355 e. The summed E-state index contributed by atoms with van der Waals surface area (Å²) in [6.45, 7) is 0. The van der Waals surface area contributed by atoms with Gasteiger partial charge in [-0.2, -0.15) is 0 Å². The molecule has 3 aromatic carbocycles. The van der Waals surface area contributed by atoms with Crippen LogP contribution in [0.1, 0.15) is 21.5 Å². The number of aryl methyl sites for hydroxylation is 2. The first-order valence-corrected chi connectivity index (χ1v) is 8.75. The predicted molar refractivity (Wildman–Crippen MR) is 105 cm³/mol. The standard InChI is InChI=1S/C21H17Cl2NO/c22-19-12-9-16(13-20(19)23)6-5-15-7-10-18(11-8-15)24-21-4-2-1-3-17(21)14-25/h1-4,7-14,24H,5-6H2. The van der Waals surface area contributed by atoms with Crippen molar-refractivity contribution in [1.82, 2.24) is 0 Å². The SMILES string of the molecule is O=Cc1ccccc1Nc1ccc(CCc2ccc(Cl)c(Cl)c2)cc1. The van der Waals surface area contributed by atoms with Gasteiger partial charge in [-0.25, -0.2) is 0 Å². The van der Waals surface area contributed by atoms with Gasteiger partial charge in [0.25, 0.3) is 0 Å². The van der Waals surface area contributed by atoms with E-state index in [1.807, 2.05) is 48.5 Å². The van der Waals surface area contributed by atoms with Gasteiger partial charge in [0.15, 0.2) is 6.29 Å². The number of hydrogen-bond donors (Lipinski definition) is 1. The highest BCUT2D eigenvalue weighted by Gasteiger charge is 2.03. The zero-order chi connectivity index (χ0) is 17.6. The van der Waals surface area contributed by atoms with Crippen molar-refractivity contribution in [2.75, 3.05) is 5.32 Å². The van der Waals surface area contributed by atoms with Crippen LogP contribution < -0.4 is 5.32 Å². The van der Waals surface area contributed by atoms with Gasteiger partial charge in [-0.05, 0) is 60.4 Å². The minimum absolute atomic E-state index is 0.580. The smallest absolute Gasteiger partial charge is 0.152 e. The Morgan fingerprint density at radius 2 is 1.48 bits per heavy atom. The van der Waals surface area contributed by atoms with E-state index in [9.17, 15) is 4.79 Å². The maximum atomic E-state index is 11.1. The second-order valence-electron chi connectivity index (χ2n) is 5.78. The summed E-state index contributed by atoms with van der Waals surface area (Å²) >= 11 is 12.0. The molecule has 0 aliphatic heterocycles. The van der Waals surface area contributed by atoms with E-state index >= 15 is 0 Å². The molecule has 0 atom stereocenters. The summed E-state index contributed by atoms with van der Waals surface area (Å²) in [7, 11) is 0. The second-order valence-corrected chi connectivity index (χ2v) is 6.59. The molecule has 0 unspecified atom stereocenters. The third-order valence-electron chi connectivity index (χ3n) is 4.01. The van der Waals surface area contributed by atoms with Crippen LogP contribution in [-0.2, 0) is 12.8 Å². The van der Waals surface area contributed by atoms with E-state index in [4.69, 9.17) is 23.2 Å². The van der Waals surface area contributed by atoms with Gasteiger partial charge in [0.05, 0.1) is 10.0 Å². The molecule has 1 N–H and O–H groups in total. The summed E-state index contributed by atoms with van der Waals surface area (Å²) in [5, 5.41) is 4.45. The van der Waals surface area contributed by atoms with Crippen LogP contribution in [-0.4, -0.2) is 6.29 Å². The molecule has 3 aromatic rings. The van der Waals surface area contributed by atoms with Gasteiger partial charge in [0.2, 0.25) is 0 Å². The lowest BCUT2D eigenvalue weighted by Crippen LogP contribution is -1.96. The van der Waals surface area contributed by atoms with Crippen LogP contribution in [0.3, 0.4) is 0 Å². The molecule has 0 spiro atoms.